The molecule has 0 aromatic heterocycles. The molecule has 0 saturated heterocycles. The Kier molecular flexibility index (Phi) is 7.44. The molecule has 0 fully saturated rings. The molecule has 0 aliphatic rings. The summed E-state index contributed by atoms with van der Waals surface area (Å²) in [7, 11) is 3.24. The van der Waals surface area contributed by atoms with Crippen LogP contribution in [-0.4, -0.2) is 25.1 Å². The van der Waals surface area contributed by atoms with Gasteiger partial charge in [-0.25, -0.2) is 4.79 Å². The van der Waals surface area contributed by atoms with Crippen LogP contribution in [0.15, 0.2) is 54.6 Å². The molecule has 0 saturated carbocycles. The van der Waals surface area contributed by atoms with E-state index in [0.717, 1.165) is 46.9 Å². The standard InChI is InChI=1S/C25H25NO6/c1-4-5-6-21-17(15-24(31-3)22-13-12-20(30-2)16-23(21)22)7-14-25(27)32-19-10-8-18(9-11-19)26(28)29/h7-16H,4-6H2,1-3H3/b14-7+. The molecular weight excluding hydrogens is 410 g/mol. The molecule has 0 radical (unpaired) electrons. The molecular formula is C25H25NO6. The van der Waals surface area contributed by atoms with E-state index >= 15 is 0 Å². The molecule has 0 amide bonds. The maximum atomic E-state index is 12.4. The number of ether oxygens (including phenoxy) is 3. The van der Waals surface area contributed by atoms with Gasteiger partial charge in [0.15, 0.2) is 0 Å². The van der Waals surface area contributed by atoms with Gasteiger partial charge in [0.25, 0.3) is 5.69 Å². The first-order valence-electron chi connectivity index (χ1n) is 10.3. The number of nitro groups is 1. The van der Waals surface area contributed by atoms with Crippen LogP contribution in [0.25, 0.3) is 16.8 Å². The summed E-state index contributed by atoms with van der Waals surface area (Å²) in [5.74, 6) is 1.10. The molecule has 7 heteroatoms. The quantitative estimate of drug-likeness (QED) is 0.140. The Bertz CT molecular complexity index is 1150. The van der Waals surface area contributed by atoms with Crippen molar-refractivity contribution in [3.63, 3.8) is 0 Å². The van der Waals surface area contributed by atoms with Crippen molar-refractivity contribution >= 4 is 28.5 Å². The average Bonchev–Trinajstić information content (AvgIpc) is 2.81. The first kappa shape index (κ1) is 22.8. The zero-order valence-electron chi connectivity index (χ0n) is 18.3. The molecule has 0 heterocycles. The van der Waals surface area contributed by atoms with Gasteiger partial charge in [-0.1, -0.05) is 13.3 Å². The van der Waals surface area contributed by atoms with Crippen LogP contribution in [0.3, 0.4) is 0 Å². The zero-order valence-corrected chi connectivity index (χ0v) is 18.3. The van der Waals surface area contributed by atoms with Crippen molar-refractivity contribution in [2.24, 2.45) is 0 Å². The predicted molar refractivity (Wildman–Crippen MR) is 123 cm³/mol. The summed E-state index contributed by atoms with van der Waals surface area (Å²) in [4.78, 5) is 22.6. The fourth-order valence-corrected chi connectivity index (χ4v) is 3.47. The van der Waals surface area contributed by atoms with Crippen LogP contribution in [0.1, 0.15) is 30.9 Å². The summed E-state index contributed by atoms with van der Waals surface area (Å²) in [6, 6.07) is 13.1. The van der Waals surface area contributed by atoms with Crippen molar-refractivity contribution in [1.29, 1.82) is 0 Å². The minimum Gasteiger partial charge on any atom is -0.497 e. The minimum atomic E-state index is -0.579. The van der Waals surface area contributed by atoms with Crippen LogP contribution in [0, 0.1) is 10.1 Å². The van der Waals surface area contributed by atoms with E-state index in [1.54, 1.807) is 20.3 Å². The Labute approximate surface area is 186 Å². The summed E-state index contributed by atoms with van der Waals surface area (Å²) in [6.07, 6.45) is 5.91. The lowest BCUT2D eigenvalue weighted by Gasteiger charge is -2.15. The Morgan fingerprint density at radius 2 is 1.72 bits per heavy atom. The van der Waals surface area contributed by atoms with E-state index in [4.69, 9.17) is 14.2 Å². The second kappa shape index (κ2) is 10.4. The lowest BCUT2D eigenvalue weighted by molar-refractivity contribution is -0.384. The molecule has 0 atom stereocenters. The van der Waals surface area contributed by atoms with E-state index in [2.05, 4.69) is 6.92 Å². The molecule has 166 valence electrons. The summed E-state index contributed by atoms with van der Waals surface area (Å²) in [5.41, 5.74) is 1.89. The van der Waals surface area contributed by atoms with Gasteiger partial charge in [0, 0.05) is 23.6 Å². The van der Waals surface area contributed by atoms with Crippen LogP contribution in [-0.2, 0) is 11.2 Å². The third-order valence-electron chi connectivity index (χ3n) is 5.12. The number of nitro benzene ring substituents is 1. The van der Waals surface area contributed by atoms with Gasteiger partial charge in [-0.15, -0.1) is 0 Å². The molecule has 0 aliphatic heterocycles. The smallest absolute Gasteiger partial charge is 0.336 e. The summed E-state index contributed by atoms with van der Waals surface area (Å²) in [6.45, 7) is 2.13. The SMILES string of the molecule is CCCCc1c(/C=C/C(=O)Oc2ccc([N+](=O)[O-])cc2)cc(OC)c2ccc(OC)cc12. The molecule has 0 bridgehead atoms. The number of fused-ring (bicyclic) bond motifs is 1. The van der Waals surface area contributed by atoms with Crippen molar-refractivity contribution < 1.29 is 23.9 Å². The average molecular weight is 435 g/mol. The molecule has 32 heavy (non-hydrogen) atoms. The predicted octanol–water partition coefficient (Wildman–Crippen LogP) is 5.73. The number of carbonyl (C=O) groups excluding carboxylic acids is 1. The molecule has 3 aromatic carbocycles. The van der Waals surface area contributed by atoms with Crippen molar-refractivity contribution in [3.05, 3.63) is 75.8 Å². The highest BCUT2D eigenvalue weighted by atomic mass is 16.6. The topological polar surface area (TPSA) is 87.9 Å². The first-order chi connectivity index (χ1) is 15.5. The maximum Gasteiger partial charge on any atom is 0.336 e. The fourth-order valence-electron chi connectivity index (χ4n) is 3.47. The van der Waals surface area contributed by atoms with Gasteiger partial charge >= 0.3 is 5.97 Å². The number of rotatable bonds is 9. The molecule has 0 unspecified atom stereocenters. The van der Waals surface area contributed by atoms with E-state index in [-0.39, 0.29) is 11.4 Å². The fraction of sp³-hybridized carbons (Fsp3) is 0.240. The number of esters is 1. The molecule has 3 aromatic rings. The Balaban J connectivity index is 1.94. The summed E-state index contributed by atoms with van der Waals surface area (Å²) in [5, 5.41) is 12.7. The van der Waals surface area contributed by atoms with Gasteiger partial charge in [0.05, 0.1) is 19.1 Å². The molecule has 0 spiro atoms. The van der Waals surface area contributed by atoms with Gasteiger partial charge in [0.1, 0.15) is 17.2 Å². The van der Waals surface area contributed by atoms with Gasteiger partial charge in [-0.3, -0.25) is 10.1 Å². The molecule has 0 aliphatic carbocycles. The van der Waals surface area contributed by atoms with E-state index in [9.17, 15) is 14.9 Å². The Morgan fingerprint density at radius 3 is 2.34 bits per heavy atom. The number of hydrogen-bond donors (Lipinski definition) is 0. The lowest BCUT2D eigenvalue weighted by atomic mass is 9.93. The number of aryl methyl sites for hydroxylation is 1. The highest BCUT2D eigenvalue weighted by molar-refractivity contribution is 5.96. The van der Waals surface area contributed by atoms with E-state index in [1.165, 1.54) is 30.3 Å². The lowest BCUT2D eigenvalue weighted by Crippen LogP contribution is -2.04. The maximum absolute atomic E-state index is 12.4. The van der Waals surface area contributed by atoms with Gasteiger partial charge in [0.2, 0.25) is 0 Å². The Morgan fingerprint density at radius 1 is 1.00 bits per heavy atom. The molecule has 3 rings (SSSR count). The second-order valence-corrected chi connectivity index (χ2v) is 7.17. The molecule has 0 N–H and O–H groups in total. The van der Waals surface area contributed by atoms with Gasteiger partial charge in [-0.05, 0) is 71.8 Å². The van der Waals surface area contributed by atoms with E-state index < -0.39 is 10.9 Å². The van der Waals surface area contributed by atoms with Crippen LogP contribution < -0.4 is 14.2 Å². The number of benzene rings is 3. The molecule has 7 nitrogen and oxygen atoms in total. The number of methoxy groups -OCH3 is 2. The normalized spacial score (nSPS) is 11.0. The van der Waals surface area contributed by atoms with E-state index in [1.807, 2.05) is 24.3 Å². The number of hydrogen-bond acceptors (Lipinski definition) is 6. The summed E-state index contributed by atoms with van der Waals surface area (Å²) >= 11 is 0. The minimum absolute atomic E-state index is 0.0698. The number of non-ortho nitro benzene ring substituents is 1. The summed E-state index contributed by atoms with van der Waals surface area (Å²) < 4.78 is 16.3. The highest BCUT2D eigenvalue weighted by Gasteiger charge is 2.13. The Hall–Kier alpha value is -3.87. The van der Waals surface area contributed by atoms with Crippen molar-refractivity contribution in [2.45, 2.75) is 26.2 Å². The first-order valence-corrected chi connectivity index (χ1v) is 10.3. The number of unbranched alkanes of at least 4 members (excludes halogenated alkanes) is 1. The van der Waals surface area contributed by atoms with Crippen LogP contribution in [0.4, 0.5) is 5.69 Å². The zero-order chi connectivity index (χ0) is 23.1. The second-order valence-electron chi connectivity index (χ2n) is 7.17. The third kappa shape index (κ3) is 5.24. The van der Waals surface area contributed by atoms with Crippen molar-refractivity contribution in [3.8, 4) is 17.2 Å². The largest absolute Gasteiger partial charge is 0.497 e. The van der Waals surface area contributed by atoms with Crippen LogP contribution in [0.2, 0.25) is 0 Å². The van der Waals surface area contributed by atoms with Crippen molar-refractivity contribution in [1.82, 2.24) is 0 Å². The van der Waals surface area contributed by atoms with E-state index in [0.29, 0.717) is 5.75 Å². The van der Waals surface area contributed by atoms with Crippen LogP contribution >= 0.6 is 0 Å². The van der Waals surface area contributed by atoms with Gasteiger partial charge < -0.3 is 14.2 Å². The number of carbonyl (C=O) groups is 1. The number of nitrogens with zero attached hydrogens (tertiary/aromatic N) is 1. The monoisotopic (exact) mass is 435 g/mol. The van der Waals surface area contributed by atoms with Crippen molar-refractivity contribution in [2.75, 3.05) is 14.2 Å². The van der Waals surface area contributed by atoms with Gasteiger partial charge in [-0.2, -0.15) is 0 Å². The van der Waals surface area contributed by atoms with Crippen LogP contribution in [0.5, 0.6) is 17.2 Å². The highest BCUT2D eigenvalue weighted by Crippen LogP contribution is 2.35. The third-order valence-corrected chi connectivity index (χ3v) is 5.12.